The van der Waals surface area contributed by atoms with Crippen LogP contribution >= 0.6 is 24.0 Å². The van der Waals surface area contributed by atoms with Gasteiger partial charge in [-0.2, -0.15) is 0 Å². The number of carbonyl (C=O) groups excluding carboxylic acids is 1. The van der Waals surface area contributed by atoms with Crippen LogP contribution in [0.3, 0.4) is 0 Å². The van der Waals surface area contributed by atoms with Crippen molar-refractivity contribution in [1.82, 2.24) is 20.2 Å². The Morgan fingerprint density at radius 2 is 1.59 bits per heavy atom. The van der Waals surface area contributed by atoms with Crippen molar-refractivity contribution >= 4 is 57.1 Å². The summed E-state index contributed by atoms with van der Waals surface area (Å²) in [4.78, 5) is 18.2. The Kier molecular flexibility index (Phi) is 6.42. The lowest BCUT2D eigenvalue weighted by atomic mass is 10.2. The van der Waals surface area contributed by atoms with Crippen molar-refractivity contribution < 1.29 is 4.79 Å². The van der Waals surface area contributed by atoms with Gasteiger partial charge in [0.05, 0.1) is 0 Å². The first kappa shape index (κ1) is 21.9. The summed E-state index contributed by atoms with van der Waals surface area (Å²) in [6.45, 7) is 0. The van der Waals surface area contributed by atoms with Gasteiger partial charge in [-0.3, -0.25) is 20.0 Å². The molecule has 8 heteroatoms. The highest BCUT2D eigenvalue weighted by Gasteiger charge is 2.21. The van der Waals surface area contributed by atoms with E-state index in [9.17, 15) is 4.79 Å². The standard InChI is InChI=1S/C26H21N5OS2/c32-24(29-30-26(33)27-20-12-5-2-6-13-20)22-25(34-17-18-9-3-1-4-10-18)28-23-21-14-8-7-11-19(21)15-16-31(22)23/h1-16H,17H2,(H,29,32)(H2,27,30,33). The van der Waals surface area contributed by atoms with Gasteiger partial charge in [0, 0.05) is 23.0 Å². The summed E-state index contributed by atoms with van der Waals surface area (Å²) in [5, 5.41) is 6.04. The maximum absolute atomic E-state index is 13.3. The second-order valence-corrected chi connectivity index (χ2v) is 8.91. The summed E-state index contributed by atoms with van der Waals surface area (Å²) in [5.41, 5.74) is 8.69. The van der Waals surface area contributed by atoms with E-state index < -0.39 is 0 Å². The SMILES string of the molecule is O=C(NNC(=S)Nc1ccccc1)c1c(SCc2ccccc2)nc2c3ccccc3ccn12. The number of imidazole rings is 1. The lowest BCUT2D eigenvalue weighted by Gasteiger charge is -2.12. The molecular formula is C26H21N5OS2. The molecule has 1 amide bonds. The number of hydrogen-bond donors (Lipinski definition) is 3. The zero-order valence-corrected chi connectivity index (χ0v) is 19.7. The van der Waals surface area contributed by atoms with Crippen molar-refractivity contribution in [3.05, 3.63) is 108 Å². The molecule has 0 saturated heterocycles. The fourth-order valence-corrected chi connectivity index (χ4v) is 4.78. The highest BCUT2D eigenvalue weighted by molar-refractivity contribution is 7.98. The summed E-state index contributed by atoms with van der Waals surface area (Å²) in [7, 11) is 0. The van der Waals surface area contributed by atoms with Crippen molar-refractivity contribution in [2.75, 3.05) is 5.32 Å². The van der Waals surface area contributed by atoms with Gasteiger partial charge >= 0.3 is 0 Å². The van der Waals surface area contributed by atoms with E-state index in [4.69, 9.17) is 17.2 Å². The molecule has 0 aliphatic heterocycles. The van der Waals surface area contributed by atoms with Crippen molar-refractivity contribution in [1.29, 1.82) is 0 Å². The Labute approximate surface area is 206 Å². The number of carbonyl (C=O) groups is 1. The van der Waals surface area contributed by atoms with Crippen LogP contribution in [-0.4, -0.2) is 20.4 Å². The third-order valence-electron chi connectivity index (χ3n) is 5.24. The van der Waals surface area contributed by atoms with Crippen LogP contribution < -0.4 is 16.2 Å². The molecule has 3 N–H and O–H groups in total. The monoisotopic (exact) mass is 483 g/mol. The highest BCUT2D eigenvalue weighted by atomic mass is 32.2. The zero-order valence-electron chi connectivity index (χ0n) is 18.1. The third kappa shape index (κ3) is 4.73. The molecule has 5 aromatic rings. The van der Waals surface area contributed by atoms with E-state index in [1.807, 2.05) is 89.5 Å². The van der Waals surface area contributed by atoms with E-state index in [0.29, 0.717) is 16.5 Å². The molecule has 0 bridgehead atoms. The number of fused-ring (bicyclic) bond motifs is 3. The average molecular weight is 484 g/mol. The lowest BCUT2D eigenvalue weighted by molar-refractivity contribution is 0.0935. The second kappa shape index (κ2) is 9.94. The quantitative estimate of drug-likeness (QED) is 0.176. The summed E-state index contributed by atoms with van der Waals surface area (Å²) in [6, 6.07) is 29.7. The topological polar surface area (TPSA) is 70.5 Å². The minimum absolute atomic E-state index is 0.289. The van der Waals surface area contributed by atoms with Crippen LogP contribution in [0.15, 0.2) is 102 Å². The van der Waals surface area contributed by atoms with Crippen LogP contribution in [0.1, 0.15) is 16.1 Å². The Morgan fingerprint density at radius 1 is 0.882 bits per heavy atom. The van der Waals surface area contributed by atoms with E-state index in [-0.39, 0.29) is 11.0 Å². The number of benzene rings is 3. The van der Waals surface area contributed by atoms with Crippen molar-refractivity contribution in [2.45, 2.75) is 10.8 Å². The van der Waals surface area contributed by atoms with Crippen molar-refractivity contribution in [3.8, 4) is 0 Å². The Morgan fingerprint density at radius 3 is 2.38 bits per heavy atom. The molecule has 34 heavy (non-hydrogen) atoms. The number of anilines is 1. The fourth-order valence-electron chi connectivity index (χ4n) is 3.64. The van der Waals surface area contributed by atoms with Gasteiger partial charge < -0.3 is 5.32 Å². The summed E-state index contributed by atoms with van der Waals surface area (Å²) in [6.07, 6.45) is 1.88. The molecule has 168 valence electrons. The first-order chi connectivity index (χ1) is 16.7. The van der Waals surface area contributed by atoms with Gasteiger partial charge in [-0.1, -0.05) is 84.6 Å². The molecule has 6 nitrogen and oxygen atoms in total. The fraction of sp³-hybridized carbons (Fsp3) is 0.0385. The lowest BCUT2D eigenvalue weighted by Crippen LogP contribution is -2.44. The molecule has 0 aliphatic rings. The zero-order chi connectivity index (χ0) is 23.3. The predicted octanol–water partition coefficient (Wildman–Crippen LogP) is 5.41. The van der Waals surface area contributed by atoms with E-state index in [1.165, 1.54) is 11.8 Å². The molecule has 0 unspecified atom stereocenters. The maximum atomic E-state index is 13.3. The van der Waals surface area contributed by atoms with Gasteiger partial charge in [0.25, 0.3) is 5.91 Å². The number of hydrogen-bond acceptors (Lipinski definition) is 4. The normalized spacial score (nSPS) is 10.8. The molecule has 3 aromatic carbocycles. The minimum atomic E-state index is -0.324. The average Bonchev–Trinajstić information content (AvgIpc) is 3.26. The summed E-state index contributed by atoms with van der Waals surface area (Å²) >= 11 is 6.86. The number of aromatic nitrogens is 2. The van der Waals surface area contributed by atoms with Gasteiger partial charge in [-0.05, 0) is 41.4 Å². The first-order valence-corrected chi connectivity index (χ1v) is 12.1. The van der Waals surface area contributed by atoms with Crippen LogP contribution in [0.2, 0.25) is 0 Å². The van der Waals surface area contributed by atoms with E-state index in [0.717, 1.165) is 27.7 Å². The Balaban J connectivity index is 1.43. The van der Waals surface area contributed by atoms with Gasteiger partial charge in [0.15, 0.2) is 5.11 Å². The minimum Gasteiger partial charge on any atom is -0.331 e. The molecule has 2 heterocycles. The van der Waals surface area contributed by atoms with Crippen molar-refractivity contribution in [3.63, 3.8) is 0 Å². The van der Waals surface area contributed by atoms with Crippen molar-refractivity contribution in [2.24, 2.45) is 0 Å². The summed E-state index contributed by atoms with van der Waals surface area (Å²) < 4.78 is 1.83. The van der Waals surface area contributed by atoms with Crippen LogP contribution in [-0.2, 0) is 5.75 Å². The molecule has 0 fully saturated rings. The highest BCUT2D eigenvalue weighted by Crippen LogP contribution is 2.30. The molecule has 0 saturated carbocycles. The smallest absolute Gasteiger partial charge is 0.289 e. The maximum Gasteiger partial charge on any atom is 0.289 e. The second-order valence-electron chi connectivity index (χ2n) is 7.54. The van der Waals surface area contributed by atoms with Crippen LogP contribution in [0.25, 0.3) is 16.4 Å². The number of pyridine rings is 1. The third-order valence-corrected chi connectivity index (χ3v) is 6.48. The largest absolute Gasteiger partial charge is 0.331 e. The summed E-state index contributed by atoms with van der Waals surface area (Å²) in [5.74, 6) is 0.375. The van der Waals surface area contributed by atoms with Gasteiger partial charge in [-0.15, -0.1) is 0 Å². The number of thiocarbonyl (C=S) groups is 1. The number of para-hydroxylation sites is 1. The van der Waals surface area contributed by atoms with E-state index in [1.54, 1.807) is 0 Å². The van der Waals surface area contributed by atoms with Crippen LogP contribution in [0, 0.1) is 0 Å². The number of hydrazine groups is 1. The number of rotatable bonds is 5. The predicted molar refractivity (Wildman–Crippen MR) is 142 cm³/mol. The van der Waals surface area contributed by atoms with Gasteiger partial charge in [0.2, 0.25) is 0 Å². The molecule has 0 spiro atoms. The van der Waals surface area contributed by atoms with E-state index >= 15 is 0 Å². The molecule has 0 radical (unpaired) electrons. The number of nitrogens with zero attached hydrogens (tertiary/aromatic N) is 2. The first-order valence-electron chi connectivity index (χ1n) is 10.7. The molecule has 2 aromatic heterocycles. The number of amides is 1. The van der Waals surface area contributed by atoms with Crippen LogP contribution in [0.5, 0.6) is 0 Å². The Hall–Kier alpha value is -3.88. The number of thioether (sulfide) groups is 1. The Bertz CT molecular complexity index is 1470. The molecule has 0 atom stereocenters. The van der Waals surface area contributed by atoms with E-state index in [2.05, 4.69) is 28.3 Å². The molecular weight excluding hydrogens is 462 g/mol. The number of nitrogens with one attached hydrogen (secondary N) is 3. The van der Waals surface area contributed by atoms with Gasteiger partial charge in [-0.25, -0.2) is 4.98 Å². The van der Waals surface area contributed by atoms with Gasteiger partial charge in [0.1, 0.15) is 16.4 Å². The van der Waals surface area contributed by atoms with Crippen LogP contribution in [0.4, 0.5) is 5.69 Å². The molecule has 0 aliphatic carbocycles. The molecule has 5 rings (SSSR count).